The number of hydrogen-bond donors (Lipinski definition) is 1. The number of aryl methyl sites for hydroxylation is 1. The third kappa shape index (κ3) is 6.79. The standard InChI is InChI=1S/C31H41N4O2SSi/c1-31(2,3)24-12-11-23(26(18-24)37-39(4)5)8-7-15-34-16-13-22(14-17-34)20-33-30(36)27-19-25-21-32-28-9-6-10-29(38-27)35(25)28/h6,9-12,18-19,21-22H,7-8,13-17,20H2,1-5H3,(H,33,36). The number of likely N-dealkylation sites (tertiary alicyclic amines) is 1. The lowest BCUT2D eigenvalue weighted by atomic mass is 9.86. The summed E-state index contributed by atoms with van der Waals surface area (Å²) in [5, 5.41) is 4.24. The van der Waals surface area contributed by atoms with Gasteiger partial charge in [-0.1, -0.05) is 50.7 Å². The highest BCUT2D eigenvalue weighted by Gasteiger charge is 2.23. The lowest BCUT2D eigenvalue weighted by molar-refractivity contribution is -0.117. The zero-order valence-electron chi connectivity index (χ0n) is 23.9. The van der Waals surface area contributed by atoms with Crippen molar-refractivity contribution in [3.8, 4) is 5.75 Å². The number of rotatable bonds is 9. The number of pyridine rings is 1. The van der Waals surface area contributed by atoms with Gasteiger partial charge < -0.3 is 14.6 Å². The molecule has 1 N–H and O–H groups in total. The summed E-state index contributed by atoms with van der Waals surface area (Å²) in [6, 6.07) is 12.8. The maximum atomic E-state index is 13.0. The van der Waals surface area contributed by atoms with Gasteiger partial charge in [-0.25, -0.2) is 4.98 Å². The second-order valence-electron chi connectivity index (χ2n) is 12.0. The molecule has 6 nitrogen and oxygen atoms in total. The lowest BCUT2D eigenvalue weighted by Crippen LogP contribution is -2.39. The number of carbonyl (C=O) groups is 1. The van der Waals surface area contributed by atoms with Crippen molar-refractivity contribution in [2.24, 2.45) is 5.92 Å². The van der Waals surface area contributed by atoms with Crippen LogP contribution in [0.5, 0.6) is 5.75 Å². The number of benzene rings is 1. The largest absolute Gasteiger partial charge is 0.542 e. The first kappa shape index (κ1) is 28.0. The molecular formula is C31H41N4O2SSi. The Morgan fingerprint density at radius 2 is 1.97 bits per heavy atom. The third-order valence-corrected chi connectivity index (χ3v) is 9.34. The predicted octanol–water partition coefficient (Wildman–Crippen LogP) is 6.17. The van der Waals surface area contributed by atoms with E-state index < -0.39 is 9.04 Å². The molecule has 1 radical (unpaired) electrons. The Kier molecular flexibility index (Phi) is 8.54. The number of nitrogens with one attached hydrogen (secondary N) is 1. The van der Waals surface area contributed by atoms with Crippen molar-refractivity contribution < 1.29 is 9.22 Å². The van der Waals surface area contributed by atoms with Crippen LogP contribution in [-0.2, 0) is 16.6 Å². The van der Waals surface area contributed by atoms with E-state index in [1.807, 2.05) is 30.5 Å². The number of imidazole rings is 1. The molecule has 3 aromatic rings. The average molecular weight is 562 g/mol. The van der Waals surface area contributed by atoms with Gasteiger partial charge in [0.15, 0.2) is 0 Å². The van der Waals surface area contributed by atoms with Gasteiger partial charge in [0, 0.05) is 6.54 Å². The number of nitrogens with zero attached hydrogens (tertiary/aromatic N) is 3. The highest BCUT2D eigenvalue weighted by atomic mass is 32.2. The minimum Gasteiger partial charge on any atom is -0.542 e. The van der Waals surface area contributed by atoms with Crippen LogP contribution < -0.4 is 9.74 Å². The highest BCUT2D eigenvalue weighted by Crippen LogP contribution is 2.34. The van der Waals surface area contributed by atoms with E-state index >= 15 is 0 Å². The van der Waals surface area contributed by atoms with E-state index in [0.717, 1.165) is 78.9 Å². The second kappa shape index (κ2) is 11.9. The van der Waals surface area contributed by atoms with Gasteiger partial charge in [-0.05, 0) is 105 Å². The van der Waals surface area contributed by atoms with E-state index in [4.69, 9.17) is 4.43 Å². The average Bonchev–Trinajstić information content (AvgIpc) is 3.32. The summed E-state index contributed by atoms with van der Waals surface area (Å²) in [5.41, 5.74) is 4.68. The van der Waals surface area contributed by atoms with E-state index in [9.17, 15) is 4.79 Å². The monoisotopic (exact) mass is 561 g/mol. The van der Waals surface area contributed by atoms with Crippen LogP contribution in [0.15, 0.2) is 52.5 Å². The van der Waals surface area contributed by atoms with Crippen molar-refractivity contribution in [2.75, 3.05) is 26.2 Å². The van der Waals surface area contributed by atoms with Gasteiger partial charge in [-0.15, -0.1) is 0 Å². The minimum absolute atomic E-state index is 0.0195. The predicted molar refractivity (Wildman–Crippen MR) is 163 cm³/mol. The molecule has 0 aliphatic carbocycles. The van der Waals surface area contributed by atoms with Crippen molar-refractivity contribution >= 4 is 38.4 Å². The second-order valence-corrected chi connectivity index (χ2v) is 15.1. The molecule has 0 unspecified atom stereocenters. The SMILES string of the molecule is C[Si](C)Oc1cc(C(C)(C)C)ccc1CCCN1CCC(CNC(=O)C2=Cc3cnc4cccc(n34)S2)CC1. The fraction of sp³-hybridized carbons (Fsp3) is 0.484. The van der Waals surface area contributed by atoms with Crippen LogP contribution >= 0.6 is 11.8 Å². The molecule has 0 bridgehead atoms. The van der Waals surface area contributed by atoms with Crippen molar-refractivity contribution in [1.29, 1.82) is 0 Å². The van der Waals surface area contributed by atoms with Crippen LogP contribution in [0.4, 0.5) is 0 Å². The molecule has 5 rings (SSSR count). The first-order valence-electron chi connectivity index (χ1n) is 14.2. The molecule has 2 aliphatic rings. The zero-order valence-corrected chi connectivity index (χ0v) is 25.7. The molecule has 0 saturated carbocycles. The molecular weight excluding hydrogens is 521 g/mol. The van der Waals surface area contributed by atoms with Crippen LogP contribution in [0.2, 0.25) is 13.1 Å². The molecule has 0 atom stereocenters. The molecule has 1 saturated heterocycles. The molecule has 2 aliphatic heterocycles. The maximum absolute atomic E-state index is 13.0. The quantitative estimate of drug-likeness (QED) is 0.317. The van der Waals surface area contributed by atoms with Crippen molar-refractivity contribution in [2.45, 2.75) is 70.0 Å². The summed E-state index contributed by atoms with van der Waals surface area (Å²) >= 11 is 1.52. The Hall–Kier alpha value is -2.55. The van der Waals surface area contributed by atoms with E-state index in [0.29, 0.717) is 5.92 Å². The molecule has 39 heavy (non-hydrogen) atoms. The summed E-state index contributed by atoms with van der Waals surface area (Å²) < 4.78 is 8.39. The Labute approximate surface area is 239 Å². The molecule has 4 heterocycles. The fourth-order valence-electron chi connectivity index (χ4n) is 5.37. The molecule has 1 aromatic carbocycles. The highest BCUT2D eigenvalue weighted by molar-refractivity contribution is 8.04. The van der Waals surface area contributed by atoms with Gasteiger partial charge in [0.2, 0.25) is 0 Å². The molecule has 2 aromatic heterocycles. The first-order valence-corrected chi connectivity index (χ1v) is 17.4. The van der Waals surface area contributed by atoms with Crippen LogP contribution in [-0.4, -0.2) is 55.4 Å². The third-order valence-electron chi connectivity index (χ3n) is 7.66. The Balaban J connectivity index is 1.06. The van der Waals surface area contributed by atoms with Crippen LogP contribution in [0, 0.1) is 5.92 Å². The Bertz CT molecular complexity index is 1350. The normalized spacial score (nSPS) is 16.5. The van der Waals surface area contributed by atoms with E-state index in [-0.39, 0.29) is 11.3 Å². The molecule has 1 fully saturated rings. The van der Waals surface area contributed by atoms with Crippen molar-refractivity contribution in [1.82, 2.24) is 19.6 Å². The van der Waals surface area contributed by atoms with Gasteiger partial charge in [-0.2, -0.15) is 0 Å². The van der Waals surface area contributed by atoms with Gasteiger partial charge in [0.25, 0.3) is 14.9 Å². The fourth-order valence-corrected chi connectivity index (χ4v) is 7.01. The number of piperidine rings is 1. The summed E-state index contributed by atoms with van der Waals surface area (Å²) in [4.78, 5) is 20.7. The summed E-state index contributed by atoms with van der Waals surface area (Å²) in [5.74, 6) is 1.64. The van der Waals surface area contributed by atoms with Crippen LogP contribution in [0.1, 0.15) is 56.9 Å². The molecule has 207 valence electrons. The van der Waals surface area contributed by atoms with Gasteiger partial charge in [0.1, 0.15) is 11.4 Å². The number of thioether (sulfide) groups is 1. The van der Waals surface area contributed by atoms with Crippen LogP contribution in [0.25, 0.3) is 11.7 Å². The van der Waals surface area contributed by atoms with E-state index in [1.54, 1.807) is 0 Å². The van der Waals surface area contributed by atoms with Gasteiger partial charge in [0.05, 0.1) is 21.8 Å². The van der Waals surface area contributed by atoms with Crippen molar-refractivity contribution in [3.05, 3.63) is 64.3 Å². The van der Waals surface area contributed by atoms with E-state index in [1.165, 1.54) is 22.9 Å². The Morgan fingerprint density at radius 1 is 1.18 bits per heavy atom. The van der Waals surface area contributed by atoms with Crippen LogP contribution in [0.3, 0.4) is 0 Å². The van der Waals surface area contributed by atoms with Gasteiger partial charge in [-0.3, -0.25) is 9.20 Å². The lowest BCUT2D eigenvalue weighted by Gasteiger charge is -2.32. The Morgan fingerprint density at radius 3 is 2.72 bits per heavy atom. The van der Waals surface area contributed by atoms with E-state index in [2.05, 4.69) is 71.7 Å². The van der Waals surface area contributed by atoms with Gasteiger partial charge >= 0.3 is 0 Å². The minimum atomic E-state index is -0.808. The molecule has 1 amide bonds. The number of amides is 1. The summed E-state index contributed by atoms with van der Waals surface area (Å²) in [6.07, 6.45) is 8.23. The molecule has 8 heteroatoms. The maximum Gasteiger partial charge on any atom is 0.274 e. The smallest absolute Gasteiger partial charge is 0.274 e. The first-order chi connectivity index (χ1) is 18.7. The topological polar surface area (TPSA) is 58.9 Å². The number of hydrogen-bond acceptors (Lipinski definition) is 5. The van der Waals surface area contributed by atoms with Crippen molar-refractivity contribution in [3.63, 3.8) is 0 Å². The molecule has 0 spiro atoms. The number of carbonyl (C=O) groups excluding carboxylic acids is 1. The summed E-state index contributed by atoms with van der Waals surface area (Å²) in [7, 11) is -0.808. The summed E-state index contributed by atoms with van der Waals surface area (Å²) in [6.45, 7) is 15.2. The zero-order chi connectivity index (χ0) is 27.6. The number of aromatic nitrogens is 2.